The summed E-state index contributed by atoms with van der Waals surface area (Å²) in [4.78, 5) is 13.6. The van der Waals surface area contributed by atoms with Crippen LogP contribution < -0.4 is 11.1 Å². The van der Waals surface area contributed by atoms with E-state index < -0.39 is 0 Å². The minimum atomic E-state index is 0.119. The van der Waals surface area contributed by atoms with Crippen LogP contribution in [0.4, 0.5) is 0 Å². The number of carbonyl (C=O) groups excluding carboxylic acids is 1. The largest absolute Gasteiger partial charge is 0.353 e. The van der Waals surface area contributed by atoms with Crippen molar-refractivity contribution in [3.05, 3.63) is 0 Å². The molecule has 1 saturated heterocycles. The Morgan fingerprint density at radius 3 is 2.93 bits per heavy atom. The molecule has 82 valence electrons. The maximum atomic E-state index is 11.5. The Balaban J connectivity index is 2.20. The van der Waals surface area contributed by atoms with Gasteiger partial charge in [-0.25, -0.2) is 0 Å². The summed E-state index contributed by atoms with van der Waals surface area (Å²) in [5, 5.41) is 2.95. The molecule has 1 unspecified atom stereocenters. The van der Waals surface area contributed by atoms with Gasteiger partial charge in [-0.2, -0.15) is 0 Å². The lowest BCUT2D eigenvalue weighted by Gasteiger charge is -2.17. The highest BCUT2D eigenvalue weighted by Crippen LogP contribution is 2.05. The number of rotatable bonds is 4. The van der Waals surface area contributed by atoms with E-state index in [0.29, 0.717) is 6.54 Å². The zero-order valence-electron chi connectivity index (χ0n) is 9.12. The predicted octanol–water partition coefficient (Wildman–Crippen LogP) is -0.0659. The molecule has 4 nitrogen and oxygen atoms in total. The predicted molar refractivity (Wildman–Crippen MR) is 56.9 cm³/mol. The van der Waals surface area contributed by atoms with Crippen LogP contribution in [-0.4, -0.2) is 42.5 Å². The molecule has 0 bridgehead atoms. The molecule has 4 heteroatoms. The van der Waals surface area contributed by atoms with Crippen LogP contribution in [0.2, 0.25) is 0 Å². The van der Waals surface area contributed by atoms with Gasteiger partial charge in [0.25, 0.3) is 0 Å². The normalized spacial score (nSPS) is 24.9. The third kappa shape index (κ3) is 3.64. The van der Waals surface area contributed by atoms with Gasteiger partial charge in [-0.15, -0.1) is 0 Å². The lowest BCUT2D eigenvalue weighted by Crippen LogP contribution is -2.40. The van der Waals surface area contributed by atoms with Gasteiger partial charge in [0.05, 0.1) is 6.54 Å². The zero-order valence-corrected chi connectivity index (χ0v) is 9.12. The van der Waals surface area contributed by atoms with Crippen LogP contribution in [0.25, 0.3) is 0 Å². The van der Waals surface area contributed by atoms with Crippen molar-refractivity contribution >= 4 is 5.91 Å². The van der Waals surface area contributed by atoms with Gasteiger partial charge in [0.2, 0.25) is 5.91 Å². The topological polar surface area (TPSA) is 58.4 Å². The van der Waals surface area contributed by atoms with E-state index in [1.165, 1.54) is 0 Å². The standard InChI is InChI=1S/C10H21N3O/c1-3-8(2)12-10(14)7-13-5-4-9(11)6-13/h8-9H,3-7,11H2,1-2H3,(H,12,14)/t8?,9-/m1/s1. The lowest BCUT2D eigenvalue weighted by atomic mass is 10.2. The summed E-state index contributed by atoms with van der Waals surface area (Å²) >= 11 is 0. The van der Waals surface area contributed by atoms with Crippen LogP contribution in [0.15, 0.2) is 0 Å². The summed E-state index contributed by atoms with van der Waals surface area (Å²) in [5.41, 5.74) is 5.75. The van der Waals surface area contributed by atoms with E-state index in [1.807, 2.05) is 6.92 Å². The Bertz CT molecular complexity index is 196. The van der Waals surface area contributed by atoms with Gasteiger partial charge in [-0.3, -0.25) is 9.69 Å². The Morgan fingerprint density at radius 1 is 1.71 bits per heavy atom. The molecule has 1 rings (SSSR count). The third-order valence-corrected chi connectivity index (χ3v) is 2.70. The van der Waals surface area contributed by atoms with Crippen LogP contribution in [0.1, 0.15) is 26.7 Å². The summed E-state index contributed by atoms with van der Waals surface area (Å²) in [6.45, 7) is 6.39. The number of amides is 1. The monoisotopic (exact) mass is 199 g/mol. The Morgan fingerprint density at radius 2 is 2.43 bits per heavy atom. The quantitative estimate of drug-likeness (QED) is 0.666. The molecular formula is C10H21N3O. The van der Waals surface area contributed by atoms with Crippen LogP contribution in [-0.2, 0) is 4.79 Å². The highest BCUT2D eigenvalue weighted by atomic mass is 16.2. The second kappa shape index (κ2) is 5.32. The Kier molecular flexibility index (Phi) is 4.35. The van der Waals surface area contributed by atoms with E-state index in [1.54, 1.807) is 0 Å². The Hall–Kier alpha value is -0.610. The molecule has 1 aliphatic heterocycles. The van der Waals surface area contributed by atoms with Crippen LogP contribution in [0.3, 0.4) is 0 Å². The van der Waals surface area contributed by atoms with Crippen molar-refractivity contribution in [2.24, 2.45) is 5.73 Å². The molecule has 2 atom stereocenters. The molecule has 0 aromatic rings. The number of hydrogen-bond acceptors (Lipinski definition) is 3. The highest BCUT2D eigenvalue weighted by Gasteiger charge is 2.21. The SMILES string of the molecule is CCC(C)NC(=O)CN1CC[C@@H](N)C1. The number of hydrogen-bond donors (Lipinski definition) is 2. The number of nitrogens with zero attached hydrogens (tertiary/aromatic N) is 1. The van der Waals surface area contributed by atoms with Crippen molar-refractivity contribution in [1.82, 2.24) is 10.2 Å². The van der Waals surface area contributed by atoms with E-state index in [0.717, 1.165) is 25.9 Å². The molecule has 0 saturated carbocycles. The highest BCUT2D eigenvalue weighted by molar-refractivity contribution is 5.78. The van der Waals surface area contributed by atoms with Gasteiger partial charge in [-0.05, 0) is 19.8 Å². The lowest BCUT2D eigenvalue weighted by molar-refractivity contribution is -0.122. The molecule has 0 radical (unpaired) electrons. The molecule has 0 aromatic carbocycles. The van der Waals surface area contributed by atoms with Gasteiger partial charge in [-0.1, -0.05) is 6.92 Å². The van der Waals surface area contributed by atoms with Crippen molar-refractivity contribution in [2.45, 2.75) is 38.8 Å². The molecule has 1 fully saturated rings. The van der Waals surface area contributed by atoms with E-state index in [2.05, 4.69) is 17.1 Å². The van der Waals surface area contributed by atoms with Crippen LogP contribution in [0, 0.1) is 0 Å². The molecule has 1 amide bonds. The smallest absolute Gasteiger partial charge is 0.234 e. The van der Waals surface area contributed by atoms with Crippen molar-refractivity contribution in [3.63, 3.8) is 0 Å². The van der Waals surface area contributed by atoms with Gasteiger partial charge in [0, 0.05) is 25.2 Å². The van der Waals surface area contributed by atoms with Gasteiger partial charge < -0.3 is 11.1 Å². The first-order chi connectivity index (χ1) is 6.61. The fraction of sp³-hybridized carbons (Fsp3) is 0.900. The van der Waals surface area contributed by atoms with E-state index >= 15 is 0 Å². The maximum Gasteiger partial charge on any atom is 0.234 e. The fourth-order valence-electron chi connectivity index (χ4n) is 1.63. The minimum absolute atomic E-state index is 0.119. The molecule has 1 heterocycles. The summed E-state index contributed by atoms with van der Waals surface area (Å²) < 4.78 is 0. The zero-order chi connectivity index (χ0) is 10.6. The number of nitrogens with two attached hydrogens (primary N) is 1. The molecule has 3 N–H and O–H groups in total. The van der Waals surface area contributed by atoms with Crippen molar-refractivity contribution in [2.75, 3.05) is 19.6 Å². The average Bonchev–Trinajstić information content (AvgIpc) is 2.50. The van der Waals surface area contributed by atoms with Crippen molar-refractivity contribution in [1.29, 1.82) is 0 Å². The first-order valence-electron chi connectivity index (χ1n) is 5.39. The van der Waals surface area contributed by atoms with E-state index in [9.17, 15) is 4.79 Å². The average molecular weight is 199 g/mol. The van der Waals surface area contributed by atoms with Crippen LogP contribution in [0.5, 0.6) is 0 Å². The molecule has 14 heavy (non-hydrogen) atoms. The van der Waals surface area contributed by atoms with E-state index in [-0.39, 0.29) is 18.0 Å². The first kappa shape index (κ1) is 11.5. The fourth-order valence-corrected chi connectivity index (χ4v) is 1.63. The van der Waals surface area contributed by atoms with Crippen LogP contribution >= 0.6 is 0 Å². The van der Waals surface area contributed by atoms with Crippen molar-refractivity contribution < 1.29 is 4.79 Å². The van der Waals surface area contributed by atoms with Gasteiger partial charge >= 0.3 is 0 Å². The summed E-state index contributed by atoms with van der Waals surface area (Å²) in [6, 6.07) is 0.533. The summed E-state index contributed by atoms with van der Waals surface area (Å²) in [5.74, 6) is 0.119. The maximum absolute atomic E-state index is 11.5. The summed E-state index contributed by atoms with van der Waals surface area (Å²) in [6.07, 6.45) is 1.99. The van der Waals surface area contributed by atoms with Gasteiger partial charge in [0.1, 0.15) is 0 Å². The minimum Gasteiger partial charge on any atom is -0.353 e. The summed E-state index contributed by atoms with van der Waals surface area (Å²) in [7, 11) is 0. The number of likely N-dealkylation sites (tertiary alicyclic amines) is 1. The molecule has 0 aliphatic carbocycles. The second-order valence-electron chi connectivity index (χ2n) is 4.16. The van der Waals surface area contributed by atoms with Crippen molar-refractivity contribution in [3.8, 4) is 0 Å². The number of nitrogens with one attached hydrogen (secondary N) is 1. The third-order valence-electron chi connectivity index (χ3n) is 2.70. The second-order valence-corrected chi connectivity index (χ2v) is 4.16. The Labute approximate surface area is 85.8 Å². The van der Waals surface area contributed by atoms with Gasteiger partial charge in [0.15, 0.2) is 0 Å². The molecular weight excluding hydrogens is 178 g/mol. The van der Waals surface area contributed by atoms with E-state index in [4.69, 9.17) is 5.73 Å². The number of carbonyl (C=O) groups is 1. The molecule has 0 spiro atoms. The first-order valence-corrected chi connectivity index (χ1v) is 5.39. The molecule has 0 aromatic heterocycles. The molecule has 1 aliphatic rings.